The Morgan fingerprint density at radius 1 is 1.12 bits per heavy atom. The van der Waals surface area contributed by atoms with Crippen molar-refractivity contribution in [2.75, 3.05) is 6.54 Å². The van der Waals surface area contributed by atoms with E-state index in [0.29, 0.717) is 6.42 Å². The van der Waals surface area contributed by atoms with Crippen LogP contribution in [0, 0.1) is 5.92 Å². The molecule has 1 aliphatic heterocycles. The highest BCUT2D eigenvalue weighted by atomic mass is 16.2. The summed E-state index contributed by atoms with van der Waals surface area (Å²) in [5, 5.41) is 7.82. The van der Waals surface area contributed by atoms with Crippen LogP contribution in [0.3, 0.4) is 0 Å². The summed E-state index contributed by atoms with van der Waals surface area (Å²) in [4.78, 5) is 50.1. The first-order valence-corrected chi connectivity index (χ1v) is 9.67. The first-order chi connectivity index (χ1) is 12.4. The van der Waals surface area contributed by atoms with E-state index in [1.54, 1.807) is 0 Å². The molecular formula is C18H28N4O4. The average Bonchev–Trinajstić information content (AvgIpc) is 2.83. The Balaban J connectivity index is 1.54. The molecular weight excluding hydrogens is 336 g/mol. The number of nitrogens with one attached hydrogen (secondary N) is 3. The Kier molecular flexibility index (Phi) is 5.48. The zero-order chi connectivity index (χ0) is 18.7. The Morgan fingerprint density at radius 3 is 2.50 bits per heavy atom. The van der Waals surface area contributed by atoms with Crippen LogP contribution < -0.4 is 16.0 Å². The van der Waals surface area contributed by atoms with Gasteiger partial charge in [-0.05, 0) is 31.6 Å². The standard InChI is InChI=1S/C18H28N4O4/c1-12-7-5-6-10-18(12)15(24)22(17(26)21-18)11-14(23)20-16(25)19-13-8-3-2-4-9-13/h12-13H,2-11H2,1H3,(H,21,26)(H2,19,20,23,25)/t12-,18-/m1/s1. The summed E-state index contributed by atoms with van der Waals surface area (Å²) in [6, 6.07) is -1.03. The number of carbonyl (C=O) groups is 4. The summed E-state index contributed by atoms with van der Waals surface area (Å²) >= 11 is 0. The first-order valence-electron chi connectivity index (χ1n) is 9.67. The predicted octanol–water partition coefficient (Wildman–Crippen LogP) is 1.65. The second-order valence-corrected chi connectivity index (χ2v) is 7.80. The molecule has 8 nitrogen and oxygen atoms in total. The molecule has 3 rings (SSSR count). The van der Waals surface area contributed by atoms with E-state index in [2.05, 4.69) is 16.0 Å². The summed E-state index contributed by atoms with van der Waals surface area (Å²) in [5.41, 5.74) is -0.889. The van der Waals surface area contributed by atoms with E-state index in [4.69, 9.17) is 0 Å². The lowest BCUT2D eigenvalue weighted by molar-refractivity contribution is -0.137. The van der Waals surface area contributed by atoms with Crippen LogP contribution in [0.4, 0.5) is 9.59 Å². The second-order valence-electron chi connectivity index (χ2n) is 7.80. The van der Waals surface area contributed by atoms with Gasteiger partial charge in [-0.2, -0.15) is 0 Å². The van der Waals surface area contributed by atoms with Crippen molar-refractivity contribution >= 4 is 23.9 Å². The van der Waals surface area contributed by atoms with Crippen LogP contribution in [0.25, 0.3) is 0 Å². The third-order valence-corrected chi connectivity index (χ3v) is 6.00. The largest absolute Gasteiger partial charge is 0.335 e. The van der Waals surface area contributed by atoms with Crippen LogP contribution >= 0.6 is 0 Å². The van der Waals surface area contributed by atoms with Crippen molar-refractivity contribution in [1.82, 2.24) is 20.9 Å². The molecule has 3 fully saturated rings. The van der Waals surface area contributed by atoms with Crippen molar-refractivity contribution in [3.63, 3.8) is 0 Å². The van der Waals surface area contributed by atoms with Crippen molar-refractivity contribution in [2.45, 2.75) is 76.3 Å². The smallest absolute Gasteiger partial charge is 0.325 e. The van der Waals surface area contributed by atoms with E-state index < -0.39 is 30.1 Å². The highest BCUT2D eigenvalue weighted by molar-refractivity contribution is 6.10. The van der Waals surface area contributed by atoms with Gasteiger partial charge < -0.3 is 10.6 Å². The van der Waals surface area contributed by atoms with Crippen molar-refractivity contribution < 1.29 is 19.2 Å². The van der Waals surface area contributed by atoms with Gasteiger partial charge >= 0.3 is 12.1 Å². The van der Waals surface area contributed by atoms with Crippen molar-refractivity contribution in [3.8, 4) is 0 Å². The second kappa shape index (κ2) is 7.63. The molecule has 8 heteroatoms. The van der Waals surface area contributed by atoms with Gasteiger partial charge in [-0.15, -0.1) is 0 Å². The van der Waals surface area contributed by atoms with E-state index in [9.17, 15) is 19.2 Å². The Bertz CT molecular complexity index is 602. The minimum absolute atomic E-state index is 0.0374. The first kappa shape index (κ1) is 18.7. The molecule has 0 unspecified atom stereocenters. The molecule has 1 spiro atoms. The van der Waals surface area contributed by atoms with Crippen LogP contribution in [0.1, 0.15) is 64.7 Å². The van der Waals surface area contributed by atoms with Gasteiger partial charge in [0.2, 0.25) is 5.91 Å². The van der Waals surface area contributed by atoms with Gasteiger partial charge in [0, 0.05) is 6.04 Å². The monoisotopic (exact) mass is 364 g/mol. The number of carbonyl (C=O) groups excluding carboxylic acids is 4. The van der Waals surface area contributed by atoms with Gasteiger partial charge in [0.25, 0.3) is 5.91 Å². The lowest BCUT2D eigenvalue weighted by Gasteiger charge is -2.36. The predicted molar refractivity (Wildman–Crippen MR) is 94.2 cm³/mol. The molecule has 3 aliphatic rings. The Hall–Kier alpha value is -2.12. The number of imide groups is 2. The molecule has 1 saturated heterocycles. The number of rotatable bonds is 3. The molecule has 6 amide bonds. The molecule has 0 aromatic heterocycles. The number of urea groups is 2. The lowest BCUT2D eigenvalue weighted by atomic mass is 9.73. The Labute approximate surface area is 153 Å². The maximum absolute atomic E-state index is 12.8. The van der Waals surface area contributed by atoms with Crippen LogP contribution in [0.2, 0.25) is 0 Å². The SMILES string of the molecule is C[C@@H]1CCCC[C@@]12NC(=O)N(CC(=O)NC(=O)NC1CCCCC1)C2=O. The van der Waals surface area contributed by atoms with Crippen molar-refractivity contribution in [2.24, 2.45) is 5.92 Å². The highest BCUT2D eigenvalue weighted by Gasteiger charge is 2.55. The van der Waals surface area contributed by atoms with Gasteiger partial charge in [-0.3, -0.25) is 19.8 Å². The zero-order valence-electron chi connectivity index (χ0n) is 15.3. The number of hydrogen-bond acceptors (Lipinski definition) is 4. The van der Waals surface area contributed by atoms with E-state index in [1.165, 1.54) is 6.42 Å². The van der Waals surface area contributed by atoms with E-state index >= 15 is 0 Å². The molecule has 144 valence electrons. The average molecular weight is 364 g/mol. The lowest BCUT2D eigenvalue weighted by Crippen LogP contribution is -2.54. The molecule has 2 saturated carbocycles. The minimum atomic E-state index is -0.889. The molecule has 0 aromatic carbocycles. The van der Waals surface area contributed by atoms with Crippen molar-refractivity contribution in [3.05, 3.63) is 0 Å². The van der Waals surface area contributed by atoms with Gasteiger partial charge in [0.15, 0.2) is 0 Å². The summed E-state index contributed by atoms with van der Waals surface area (Å²) in [6.45, 7) is 1.52. The fraction of sp³-hybridized carbons (Fsp3) is 0.778. The highest BCUT2D eigenvalue weighted by Crippen LogP contribution is 2.38. The molecule has 2 atom stereocenters. The summed E-state index contributed by atoms with van der Waals surface area (Å²) in [5.74, 6) is -0.963. The maximum atomic E-state index is 12.8. The topological polar surface area (TPSA) is 108 Å². The van der Waals surface area contributed by atoms with Crippen LogP contribution in [-0.2, 0) is 9.59 Å². The van der Waals surface area contributed by atoms with E-state index in [0.717, 1.165) is 49.8 Å². The molecule has 0 bridgehead atoms. The third kappa shape index (κ3) is 3.68. The van der Waals surface area contributed by atoms with Gasteiger partial charge in [0.05, 0.1) is 0 Å². The number of nitrogens with zero attached hydrogens (tertiary/aromatic N) is 1. The van der Waals surface area contributed by atoms with Gasteiger partial charge in [0.1, 0.15) is 12.1 Å². The van der Waals surface area contributed by atoms with Crippen molar-refractivity contribution in [1.29, 1.82) is 0 Å². The van der Waals surface area contributed by atoms with Gasteiger partial charge in [-0.1, -0.05) is 39.0 Å². The molecule has 1 heterocycles. The van der Waals surface area contributed by atoms with Crippen LogP contribution in [-0.4, -0.2) is 46.9 Å². The van der Waals surface area contributed by atoms with E-state index in [1.807, 2.05) is 6.92 Å². The normalized spacial score (nSPS) is 29.6. The summed E-state index contributed by atoms with van der Waals surface area (Å²) < 4.78 is 0. The molecule has 3 N–H and O–H groups in total. The van der Waals surface area contributed by atoms with Crippen LogP contribution in [0.5, 0.6) is 0 Å². The number of hydrogen-bond donors (Lipinski definition) is 3. The quantitative estimate of drug-likeness (QED) is 0.662. The van der Waals surface area contributed by atoms with E-state index in [-0.39, 0.29) is 17.9 Å². The third-order valence-electron chi connectivity index (χ3n) is 6.00. The molecule has 0 radical (unpaired) electrons. The number of amides is 6. The molecule has 0 aromatic rings. The fourth-order valence-electron chi connectivity index (χ4n) is 4.42. The summed E-state index contributed by atoms with van der Waals surface area (Å²) in [6.07, 6.45) is 8.52. The maximum Gasteiger partial charge on any atom is 0.325 e. The molecule has 2 aliphatic carbocycles. The van der Waals surface area contributed by atoms with Crippen LogP contribution in [0.15, 0.2) is 0 Å². The molecule has 26 heavy (non-hydrogen) atoms. The summed E-state index contributed by atoms with van der Waals surface area (Å²) in [7, 11) is 0. The minimum Gasteiger partial charge on any atom is -0.335 e. The fourth-order valence-corrected chi connectivity index (χ4v) is 4.42. The Morgan fingerprint density at radius 2 is 1.81 bits per heavy atom. The van der Waals surface area contributed by atoms with Gasteiger partial charge in [-0.25, -0.2) is 9.59 Å². The zero-order valence-corrected chi connectivity index (χ0v) is 15.3.